The maximum atomic E-state index is 14.0. The normalized spacial score (nSPS) is 20.8. The Bertz CT molecular complexity index is 1620. The molecule has 0 radical (unpaired) electrons. The number of phenols is 1. The monoisotopic (exact) mass is 642 g/mol. The quantitative estimate of drug-likeness (QED) is 0.118. The third kappa shape index (κ3) is 7.07. The highest BCUT2D eigenvalue weighted by Gasteiger charge is 2.55. The van der Waals surface area contributed by atoms with Crippen LogP contribution in [0.25, 0.3) is 6.08 Å². The lowest BCUT2D eigenvalue weighted by atomic mass is 9.66. The highest BCUT2D eigenvalue weighted by atomic mass is 35.5. The van der Waals surface area contributed by atoms with Gasteiger partial charge in [0.1, 0.15) is 5.75 Å². The van der Waals surface area contributed by atoms with Gasteiger partial charge >= 0.3 is 0 Å². The summed E-state index contributed by atoms with van der Waals surface area (Å²) in [6.07, 6.45) is 4.23. The molecular weight excluding hydrogens is 600 g/mol. The van der Waals surface area contributed by atoms with E-state index in [-0.39, 0.29) is 30.1 Å². The van der Waals surface area contributed by atoms with E-state index in [1.54, 1.807) is 24.3 Å². The number of aromatic hydroxyl groups is 1. The second kappa shape index (κ2) is 14.7. The molecule has 1 aliphatic carbocycles. The molecule has 2 amide bonds. The molecule has 0 unspecified atom stereocenters. The van der Waals surface area contributed by atoms with Crippen molar-refractivity contribution in [1.82, 2.24) is 0 Å². The van der Waals surface area contributed by atoms with Crippen LogP contribution in [0.5, 0.6) is 5.75 Å². The van der Waals surface area contributed by atoms with Gasteiger partial charge in [0.2, 0.25) is 11.8 Å². The Morgan fingerprint density at radius 3 is 2.33 bits per heavy atom. The van der Waals surface area contributed by atoms with E-state index < -0.39 is 23.9 Å². The number of aliphatic hydroxyl groups is 2. The van der Waals surface area contributed by atoms with Crippen molar-refractivity contribution < 1.29 is 24.9 Å². The molecule has 3 aromatic rings. The van der Waals surface area contributed by atoms with Gasteiger partial charge in [-0.05, 0) is 97.3 Å². The van der Waals surface area contributed by atoms with Crippen molar-refractivity contribution in [2.45, 2.75) is 59.0 Å². The van der Waals surface area contributed by atoms with E-state index in [2.05, 4.69) is 12.2 Å². The molecule has 0 spiro atoms. The van der Waals surface area contributed by atoms with Gasteiger partial charge in [-0.2, -0.15) is 0 Å². The Morgan fingerprint density at radius 2 is 1.70 bits per heavy atom. The number of rotatable bonds is 12. The van der Waals surface area contributed by atoms with E-state index in [1.165, 1.54) is 11.0 Å². The van der Waals surface area contributed by atoms with Crippen LogP contribution in [0.2, 0.25) is 5.02 Å². The number of benzene rings is 3. The lowest BCUT2D eigenvalue weighted by Gasteiger charge is -2.38. The number of halogens is 1. The predicted molar refractivity (Wildman–Crippen MR) is 184 cm³/mol. The number of nitrogens with one attached hydrogen (secondary N) is 1. The molecule has 4 N–H and O–H groups in total. The second-order valence-electron chi connectivity index (χ2n) is 12.6. The van der Waals surface area contributed by atoms with E-state index >= 15 is 0 Å². The molecule has 242 valence electrons. The average molecular weight is 643 g/mol. The number of aliphatic hydroxyl groups excluding tert-OH is 2. The van der Waals surface area contributed by atoms with Crippen molar-refractivity contribution in [3.8, 4) is 5.75 Å². The molecule has 1 fully saturated rings. The zero-order valence-corrected chi connectivity index (χ0v) is 27.4. The molecule has 0 bridgehead atoms. The number of nitrogens with zero attached hydrogens (tertiary/aromatic N) is 1. The molecule has 8 heteroatoms. The van der Waals surface area contributed by atoms with E-state index in [4.69, 9.17) is 11.6 Å². The summed E-state index contributed by atoms with van der Waals surface area (Å²) in [6.45, 7) is 5.82. The van der Waals surface area contributed by atoms with E-state index in [0.717, 1.165) is 40.9 Å². The van der Waals surface area contributed by atoms with Gasteiger partial charge in [0, 0.05) is 17.3 Å². The summed E-state index contributed by atoms with van der Waals surface area (Å²) >= 11 is 6.37. The van der Waals surface area contributed by atoms with E-state index in [1.807, 2.05) is 62.4 Å². The van der Waals surface area contributed by atoms with Crippen LogP contribution in [0.3, 0.4) is 0 Å². The van der Waals surface area contributed by atoms with Crippen LogP contribution in [-0.2, 0) is 9.59 Å². The van der Waals surface area contributed by atoms with Crippen LogP contribution >= 0.6 is 11.6 Å². The number of imide groups is 1. The molecule has 7 nitrogen and oxygen atoms in total. The third-order valence-electron chi connectivity index (χ3n) is 9.21. The fourth-order valence-corrected chi connectivity index (χ4v) is 7.23. The van der Waals surface area contributed by atoms with Crippen molar-refractivity contribution in [2.24, 2.45) is 23.7 Å². The van der Waals surface area contributed by atoms with Gasteiger partial charge in [-0.1, -0.05) is 74.2 Å². The second-order valence-corrected chi connectivity index (χ2v) is 13.0. The minimum atomic E-state index is -0.883. The maximum Gasteiger partial charge on any atom is 0.238 e. The number of phenolic OH excluding ortho intramolecular Hbond substituents is 1. The van der Waals surface area contributed by atoms with Crippen LogP contribution in [0.4, 0.5) is 17.1 Å². The smallest absolute Gasteiger partial charge is 0.238 e. The molecule has 1 saturated heterocycles. The van der Waals surface area contributed by atoms with Gasteiger partial charge in [0.15, 0.2) is 0 Å². The fourth-order valence-electron chi connectivity index (χ4n) is 7.00. The summed E-state index contributed by atoms with van der Waals surface area (Å²) in [5.41, 5.74) is 5.81. The highest BCUT2D eigenvalue weighted by molar-refractivity contribution is 6.32. The number of amides is 2. The minimum absolute atomic E-state index is 0.0291. The van der Waals surface area contributed by atoms with Crippen LogP contribution in [0.15, 0.2) is 89.5 Å². The SMILES string of the molecule is CCC/C(=C\c1ccc(O)cc1Cl)CC[C@@H](O)C1=C(C(C)C)C[C@H]2C(=O)N(c3ccc(Nc4ccccc4)cc3)C(=O)[C@H]2[C@H]1CO. The zero-order valence-electron chi connectivity index (χ0n) is 26.6. The molecule has 3 aromatic carbocycles. The van der Waals surface area contributed by atoms with Crippen molar-refractivity contribution in [3.63, 3.8) is 0 Å². The van der Waals surface area contributed by atoms with Gasteiger partial charge in [-0.25, -0.2) is 0 Å². The van der Waals surface area contributed by atoms with Gasteiger partial charge in [0.05, 0.1) is 35.3 Å². The maximum absolute atomic E-state index is 14.0. The van der Waals surface area contributed by atoms with Crippen LogP contribution in [0, 0.1) is 23.7 Å². The number of carbonyl (C=O) groups is 2. The number of hydrogen-bond acceptors (Lipinski definition) is 6. The number of carbonyl (C=O) groups excluding carboxylic acids is 2. The van der Waals surface area contributed by atoms with Crippen molar-refractivity contribution in [2.75, 3.05) is 16.8 Å². The zero-order chi connectivity index (χ0) is 33.0. The van der Waals surface area contributed by atoms with Crippen LogP contribution < -0.4 is 10.2 Å². The molecule has 1 heterocycles. The Labute approximate surface area is 276 Å². The minimum Gasteiger partial charge on any atom is -0.508 e. The fraction of sp³-hybridized carbons (Fsp3) is 0.368. The van der Waals surface area contributed by atoms with E-state index in [9.17, 15) is 24.9 Å². The number of anilines is 3. The molecular formula is C38H43ClN2O5. The topological polar surface area (TPSA) is 110 Å². The first-order chi connectivity index (χ1) is 22.1. The van der Waals surface area contributed by atoms with Crippen molar-refractivity contribution in [1.29, 1.82) is 0 Å². The standard InChI is InChI=1S/C38H43ClN2O5/c1-4-8-24(19-25-12-17-29(43)20-33(25)39)11-18-34(44)35-30(23(2)3)21-31-36(32(35)22-42)38(46)41(37(31)45)28-15-13-27(14-16-28)40-26-9-6-5-7-10-26/h5-7,9-10,12-17,19-20,23,31-32,34,36,40,42-44H,4,8,11,18,21-22H2,1-3H3/b24-19+/t31-,32+,34-,36-/m1/s1. The summed E-state index contributed by atoms with van der Waals surface area (Å²) in [7, 11) is 0. The summed E-state index contributed by atoms with van der Waals surface area (Å²) in [5, 5.41) is 35.9. The van der Waals surface area contributed by atoms with Crippen LogP contribution in [0.1, 0.15) is 58.4 Å². The summed E-state index contributed by atoms with van der Waals surface area (Å²) in [6, 6.07) is 21.8. The van der Waals surface area contributed by atoms with Gasteiger partial charge in [-0.15, -0.1) is 0 Å². The summed E-state index contributed by atoms with van der Waals surface area (Å²) in [5.74, 6) is -2.45. The Balaban J connectivity index is 1.37. The Hall–Kier alpha value is -3.91. The highest BCUT2D eigenvalue weighted by Crippen LogP contribution is 2.49. The average Bonchev–Trinajstić information content (AvgIpc) is 3.29. The molecule has 2 aliphatic rings. The molecule has 1 aliphatic heterocycles. The first-order valence-electron chi connectivity index (χ1n) is 16.1. The first kappa shape index (κ1) is 33.5. The first-order valence-corrected chi connectivity index (χ1v) is 16.5. The molecule has 5 rings (SSSR count). The Morgan fingerprint density at radius 1 is 1.00 bits per heavy atom. The summed E-state index contributed by atoms with van der Waals surface area (Å²) in [4.78, 5) is 29.1. The molecule has 46 heavy (non-hydrogen) atoms. The number of fused-ring (bicyclic) bond motifs is 1. The molecule has 0 aromatic heterocycles. The van der Waals surface area contributed by atoms with Crippen molar-refractivity contribution in [3.05, 3.63) is 100 Å². The number of hydrogen-bond donors (Lipinski definition) is 4. The molecule has 0 saturated carbocycles. The summed E-state index contributed by atoms with van der Waals surface area (Å²) < 4.78 is 0. The molecule has 4 atom stereocenters. The third-order valence-corrected chi connectivity index (χ3v) is 9.54. The van der Waals surface area contributed by atoms with Gasteiger partial charge in [0.25, 0.3) is 0 Å². The lowest BCUT2D eigenvalue weighted by Crippen LogP contribution is -2.39. The predicted octanol–water partition coefficient (Wildman–Crippen LogP) is 7.88. The number of para-hydroxylation sites is 1. The van der Waals surface area contributed by atoms with Crippen molar-refractivity contribution >= 4 is 46.6 Å². The Kier molecular flexibility index (Phi) is 10.7. The van der Waals surface area contributed by atoms with Crippen LogP contribution in [-0.4, -0.2) is 39.8 Å². The van der Waals surface area contributed by atoms with E-state index in [0.29, 0.717) is 35.5 Å². The lowest BCUT2D eigenvalue weighted by molar-refractivity contribution is -0.123. The van der Waals surface area contributed by atoms with Gasteiger partial charge in [-0.3, -0.25) is 14.5 Å². The number of allylic oxidation sites excluding steroid dienone is 2. The largest absolute Gasteiger partial charge is 0.508 e. The van der Waals surface area contributed by atoms with Gasteiger partial charge < -0.3 is 20.6 Å².